The van der Waals surface area contributed by atoms with E-state index in [1.165, 1.54) is 6.33 Å². The van der Waals surface area contributed by atoms with Gasteiger partial charge in [-0.15, -0.1) is 0 Å². The number of rotatable bonds is 10. The quantitative estimate of drug-likeness (QED) is 0.299. The number of nitrogens with zero attached hydrogens (tertiary/aromatic N) is 5. The van der Waals surface area contributed by atoms with E-state index in [4.69, 9.17) is 21.1 Å². The highest BCUT2D eigenvalue weighted by Gasteiger charge is 2.29. The molecule has 2 aromatic heterocycles. The maximum absolute atomic E-state index is 12.7. The summed E-state index contributed by atoms with van der Waals surface area (Å²) in [7, 11) is 3.81. The second-order valence-corrected chi connectivity index (χ2v) is 10.1. The molecule has 3 heterocycles. The molecule has 1 amide bonds. The highest BCUT2D eigenvalue weighted by molar-refractivity contribution is 6.32. The predicted octanol–water partition coefficient (Wildman–Crippen LogP) is 4.93. The zero-order valence-electron chi connectivity index (χ0n) is 22.0. The van der Waals surface area contributed by atoms with Crippen LogP contribution >= 0.6 is 11.6 Å². The molecular formula is C29H31ClN6O3. The summed E-state index contributed by atoms with van der Waals surface area (Å²) in [6.07, 6.45) is 5.13. The minimum Gasteiger partial charge on any atom is -0.491 e. The van der Waals surface area contributed by atoms with Crippen molar-refractivity contribution in [2.45, 2.75) is 25.5 Å². The highest BCUT2D eigenvalue weighted by Crippen LogP contribution is 2.34. The molecule has 1 fully saturated rings. The topological polar surface area (TPSA) is 92.7 Å². The van der Waals surface area contributed by atoms with Crippen LogP contribution in [0.1, 0.15) is 18.5 Å². The summed E-state index contributed by atoms with van der Waals surface area (Å²) in [5.41, 5.74) is 2.31. The van der Waals surface area contributed by atoms with Crippen molar-refractivity contribution >= 4 is 39.9 Å². The molecule has 202 valence electrons. The maximum Gasteiger partial charge on any atom is 0.237 e. The van der Waals surface area contributed by atoms with Crippen LogP contribution in [0.5, 0.6) is 11.5 Å². The van der Waals surface area contributed by atoms with Gasteiger partial charge in [-0.3, -0.25) is 9.78 Å². The number of hydrogen-bond acceptors (Lipinski definition) is 8. The van der Waals surface area contributed by atoms with E-state index in [1.807, 2.05) is 72.4 Å². The Morgan fingerprint density at radius 3 is 2.77 bits per heavy atom. The summed E-state index contributed by atoms with van der Waals surface area (Å²) >= 11 is 6.53. The third kappa shape index (κ3) is 6.55. The van der Waals surface area contributed by atoms with Crippen LogP contribution in [0.2, 0.25) is 5.02 Å². The second-order valence-electron chi connectivity index (χ2n) is 9.68. The number of carbonyl (C=O) groups is 1. The zero-order chi connectivity index (χ0) is 27.2. The van der Waals surface area contributed by atoms with Gasteiger partial charge in [-0.1, -0.05) is 23.7 Å². The van der Waals surface area contributed by atoms with Gasteiger partial charge in [0.2, 0.25) is 5.91 Å². The number of likely N-dealkylation sites (tertiary alicyclic amines) is 1. The first-order valence-corrected chi connectivity index (χ1v) is 13.3. The van der Waals surface area contributed by atoms with Crippen LogP contribution < -0.4 is 14.8 Å². The molecular weight excluding hydrogens is 516 g/mol. The Morgan fingerprint density at radius 2 is 1.97 bits per heavy atom. The Hall–Kier alpha value is -3.95. The summed E-state index contributed by atoms with van der Waals surface area (Å²) in [5.74, 6) is 1.94. The predicted molar refractivity (Wildman–Crippen MR) is 152 cm³/mol. The molecule has 1 aliphatic heterocycles. The molecule has 0 bridgehead atoms. The fourth-order valence-corrected chi connectivity index (χ4v) is 4.88. The minimum atomic E-state index is 0.0335. The van der Waals surface area contributed by atoms with Crippen molar-refractivity contribution in [3.8, 4) is 11.5 Å². The van der Waals surface area contributed by atoms with Crippen LogP contribution in [0.15, 0.2) is 67.1 Å². The lowest BCUT2D eigenvalue weighted by Gasteiger charge is -2.26. The number of halogens is 1. The van der Waals surface area contributed by atoms with E-state index in [0.29, 0.717) is 42.1 Å². The van der Waals surface area contributed by atoms with Gasteiger partial charge in [0.1, 0.15) is 36.9 Å². The van der Waals surface area contributed by atoms with Gasteiger partial charge >= 0.3 is 0 Å². The Balaban J connectivity index is 1.31. The number of likely N-dealkylation sites (N-methyl/N-ethyl adjacent to an activating group) is 1. The van der Waals surface area contributed by atoms with Gasteiger partial charge in [-0.25, -0.2) is 9.97 Å². The van der Waals surface area contributed by atoms with Gasteiger partial charge in [-0.05, 0) is 69.4 Å². The molecule has 1 aliphatic rings. The molecule has 10 heteroatoms. The summed E-state index contributed by atoms with van der Waals surface area (Å²) < 4.78 is 12.2. The van der Waals surface area contributed by atoms with Crippen LogP contribution in [0.25, 0.3) is 10.9 Å². The number of anilines is 2. The van der Waals surface area contributed by atoms with Gasteiger partial charge in [0, 0.05) is 18.4 Å². The Morgan fingerprint density at radius 1 is 1.08 bits per heavy atom. The van der Waals surface area contributed by atoms with E-state index in [-0.39, 0.29) is 11.9 Å². The standard InChI is InChI=1S/C29H31ClN6O3/c1-35(2)16-27(37)36-14-6-8-22(36)18-39-26-10-5-9-24-28(26)29(33-19-32-24)34-20-11-12-25(23(30)15-20)38-17-21-7-3-4-13-31-21/h3-5,7,9-13,15,19,22H,6,8,14,16-18H2,1-2H3,(H,32,33,34)/t22-/m0/s1. The summed E-state index contributed by atoms with van der Waals surface area (Å²) in [4.78, 5) is 29.7. The van der Waals surface area contributed by atoms with E-state index in [2.05, 4.69) is 20.3 Å². The average molecular weight is 547 g/mol. The maximum atomic E-state index is 12.7. The van der Waals surface area contributed by atoms with E-state index < -0.39 is 0 Å². The second kappa shape index (κ2) is 12.3. The first kappa shape index (κ1) is 26.6. The molecule has 1 atom stereocenters. The van der Waals surface area contributed by atoms with Gasteiger partial charge in [0.05, 0.1) is 34.2 Å². The molecule has 0 aliphatic carbocycles. The normalized spacial score (nSPS) is 15.1. The summed E-state index contributed by atoms with van der Waals surface area (Å²) in [6, 6.07) is 16.9. The third-order valence-corrected chi connectivity index (χ3v) is 6.80. The van der Waals surface area contributed by atoms with Crippen molar-refractivity contribution in [2.75, 3.05) is 39.1 Å². The lowest BCUT2D eigenvalue weighted by Crippen LogP contribution is -2.43. The number of amides is 1. The Kier molecular flexibility index (Phi) is 8.39. The van der Waals surface area contributed by atoms with Crippen molar-refractivity contribution in [2.24, 2.45) is 0 Å². The van der Waals surface area contributed by atoms with Crippen LogP contribution in [0.4, 0.5) is 11.5 Å². The van der Waals surface area contributed by atoms with Crippen LogP contribution in [0.3, 0.4) is 0 Å². The Bertz CT molecular complexity index is 1430. The minimum absolute atomic E-state index is 0.0335. The number of nitrogens with one attached hydrogen (secondary N) is 1. The average Bonchev–Trinajstić information content (AvgIpc) is 3.41. The molecule has 0 spiro atoms. The number of ether oxygens (including phenoxy) is 2. The molecule has 0 saturated carbocycles. The summed E-state index contributed by atoms with van der Waals surface area (Å²) in [6.45, 7) is 1.88. The van der Waals surface area contributed by atoms with Crippen molar-refractivity contribution in [1.82, 2.24) is 24.8 Å². The van der Waals surface area contributed by atoms with E-state index in [0.717, 1.165) is 41.7 Å². The highest BCUT2D eigenvalue weighted by atomic mass is 35.5. The number of fused-ring (bicyclic) bond motifs is 1. The third-order valence-electron chi connectivity index (χ3n) is 6.50. The molecule has 1 N–H and O–H groups in total. The molecule has 0 radical (unpaired) electrons. The molecule has 39 heavy (non-hydrogen) atoms. The monoisotopic (exact) mass is 546 g/mol. The number of benzene rings is 2. The van der Waals surface area contributed by atoms with Crippen molar-refractivity contribution < 1.29 is 14.3 Å². The molecule has 5 rings (SSSR count). The SMILES string of the molecule is CN(C)CC(=O)N1CCC[C@H]1COc1cccc2ncnc(Nc3ccc(OCc4ccccn4)c(Cl)c3)c12. The Labute approximate surface area is 232 Å². The molecule has 2 aromatic carbocycles. The number of carbonyl (C=O) groups excluding carboxylic acids is 1. The van der Waals surface area contributed by atoms with Crippen LogP contribution in [-0.4, -0.2) is 70.5 Å². The molecule has 1 saturated heterocycles. The van der Waals surface area contributed by atoms with Gasteiger partial charge in [0.15, 0.2) is 0 Å². The largest absolute Gasteiger partial charge is 0.491 e. The number of hydrogen-bond donors (Lipinski definition) is 1. The molecule has 9 nitrogen and oxygen atoms in total. The van der Waals surface area contributed by atoms with E-state index in [9.17, 15) is 4.79 Å². The van der Waals surface area contributed by atoms with Crippen molar-refractivity contribution in [3.63, 3.8) is 0 Å². The smallest absolute Gasteiger partial charge is 0.237 e. The first-order valence-electron chi connectivity index (χ1n) is 12.9. The first-order chi connectivity index (χ1) is 19.0. The lowest BCUT2D eigenvalue weighted by atomic mass is 10.2. The fraction of sp³-hybridized carbons (Fsp3) is 0.310. The van der Waals surface area contributed by atoms with Gasteiger partial charge < -0.3 is 24.6 Å². The molecule has 4 aromatic rings. The van der Waals surface area contributed by atoms with E-state index >= 15 is 0 Å². The van der Waals surface area contributed by atoms with Crippen molar-refractivity contribution in [3.05, 3.63) is 77.8 Å². The van der Waals surface area contributed by atoms with Crippen LogP contribution in [0, 0.1) is 0 Å². The number of aromatic nitrogens is 3. The van der Waals surface area contributed by atoms with Crippen LogP contribution in [-0.2, 0) is 11.4 Å². The fourth-order valence-electron chi connectivity index (χ4n) is 4.65. The van der Waals surface area contributed by atoms with Crippen molar-refractivity contribution in [1.29, 1.82) is 0 Å². The summed E-state index contributed by atoms with van der Waals surface area (Å²) in [5, 5.41) is 4.58. The lowest BCUT2D eigenvalue weighted by molar-refractivity contribution is -0.133. The van der Waals surface area contributed by atoms with Gasteiger partial charge in [0.25, 0.3) is 0 Å². The van der Waals surface area contributed by atoms with Gasteiger partial charge in [-0.2, -0.15) is 0 Å². The molecule has 0 unspecified atom stereocenters. The number of pyridine rings is 1. The van der Waals surface area contributed by atoms with E-state index in [1.54, 1.807) is 12.3 Å². The zero-order valence-corrected chi connectivity index (χ0v) is 22.8.